The molecule has 1 aliphatic rings. The van der Waals surface area contributed by atoms with Crippen LogP contribution in [0.4, 0.5) is 0 Å². The van der Waals surface area contributed by atoms with Crippen LogP contribution < -0.4 is 14.8 Å². The maximum absolute atomic E-state index is 5.99. The van der Waals surface area contributed by atoms with E-state index in [4.69, 9.17) is 26.1 Å². The molecule has 1 unspecified atom stereocenters. The summed E-state index contributed by atoms with van der Waals surface area (Å²) in [5.41, 5.74) is 0. The fraction of sp³-hybridized carbons (Fsp3) is 0.353. The summed E-state index contributed by atoms with van der Waals surface area (Å²) in [7, 11) is 0. The Morgan fingerprint density at radius 1 is 1.26 bits per heavy atom. The molecular formula is C17H20N2O3S. The van der Waals surface area contributed by atoms with Gasteiger partial charge in [-0.3, -0.25) is 0 Å². The number of hydrogen-bond donors (Lipinski definition) is 1. The third kappa shape index (κ3) is 3.96. The average molecular weight is 332 g/mol. The van der Waals surface area contributed by atoms with Gasteiger partial charge in [-0.1, -0.05) is 12.1 Å². The molecule has 3 rings (SSSR count). The largest absolute Gasteiger partial charge is 0.486 e. The van der Waals surface area contributed by atoms with Gasteiger partial charge in [-0.2, -0.15) is 0 Å². The number of nitrogens with one attached hydrogen (secondary N) is 1. The Labute approximate surface area is 141 Å². The predicted octanol–water partition coefficient (Wildman–Crippen LogP) is 2.82. The predicted molar refractivity (Wildman–Crippen MR) is 91.7 cm³/mol. The Hall–Kier alpha value is -2.21. The molecule has 0 radical (unpaired) electrons. The first-order valence-corrected chi connectivity index (χ1v) is 8.10. The number of para-hydroxylation sites is 2. The van der Waals surface area contributed by atoms with E-state index in [0.717, 1.165) is 23.8 Å². The maximum atomic E-state index is 5.99. The molecule has 2 heterocycles. The number of thiocarbonyl (C=S) groups is 1. The van der Waals surface area contributed by atoms with E-state index in [2.05, 4.69) is 17.1 Å². The number of furan rings is 1. The number of ether oxygens (including phenoxy) is 2. The van der Waals surface area contributed by atoms with Crippen LogP contribution in [0.2, 0.25) is 0 Å². The first-order valence-electron chi connectivity index (χ1n) is 7.70. The molecule has 0 saturated heterocycles. The first kappa shape index (κ1) is 15.7. The van der Waals surface area contributed by atoms with Crippen molar-refractivity contribution in [3.8, 4) is 11.5 Å². The highest BCUT2D eigenvalue weighted by molar-refractivity contribution is 7.80. The molecule has 122 valence electrons. The molecule has 1 aromatic heterocycles. The molecule has 1 atom stereocenters. The zero-order chi connectivity index (χ0) is 16.1. The first-order chi connectivity index (χ1) is 11.3. The van der Waals surface area contributed by atoms with Crippen molar-refractivity contribution in [2.45, 2.75) is 19.6 Å². The van der Waals surface area contributed by atoms with Crippen LogP contribution in [-0.4, -0.2) is 35.8 Å². The van der Waals surface area contributed by atoms with E-state index in [1.165, 1.54) is 0 Å². The third-order valence-corrected chi connectivity index (χ3v) is 4.06. The van der Waals surface area contributed by atoms with E-state index in [1.54, 1.807) is 6.26 Å². The van der Waals surface area contributed by atoms with Gasteiger partial charge in [-0.15, -0.1) is 0 Å². The molecule has 0 saturated carbocycles. The van der Waals surface area contributed by atoms with Gasteiger partial charge in [-0.25, -0.2) is 0 Å². The fourth-order valence-electron chi connectivity index (χ4n) is 2.44. The summed E-state index contributed by atoms with van der Waals surface area (Å²) in [6.45, 7) is 4.64. The fourth-order valence-corrected chi connectivity index (χ4v) is 2.72. The molecule has 23 heavy (non-hydrogen) atoms. The van der Waals surface area contributed by atoms with Crippen LogP contribution in [0, 0.1) is 0 Å². The van der Waals surface area contributed by atoms with Gasteiger partial charge in [0.15, 0.2) is 22.7 Å². The third-order valence-electron chi connectivity index (χ3n) is 3.65. The van der Waals surface area contributed by atoms with Crippen molar-refractivity contribution >= 4 is 17.3 Å². The SMILES string of the molecule is CCN(CC1COc2ccccc2O1)C(=S)NCc1ccco1. The van der Waals surface area contributed by atoms with Crippen LogP contribution in [-0.2, 0) is 6.54 Å². The van der Waals surface area contributed by atoms with E-state index >= 15 is 0 Å². The second-order valence-electron chi connectivity index (χ2n) is 5.27. The minimum absolute atomic E-state index is 0.0480. The van der Waals surface area contributed by atoms with E-state index in [0.29, 0.717) is 24.8 Å². The lowest BCUT2D eigenvalue weighted by Gasteiger charge is -2.32. The van der Waals surface area contributed by atoms with Gasteiger partial charge in [0.05, 0.1) is 19.4 Å². The molecule has 5 nitrogen and oxygen atoms in total. The molecule has 1 aromatic carbocycles. The quantitative estimate of drug-likeness (QED) is 0.850. The molecule has 0 aliphatic carbocycles. The topological polar surface area (TPSA) is 46.9 Å². The molecule has 0 amide bonds. The number of fused-ring (bicyclic) bond motifs is 1. The lowest BCUT2D eigenvalue weighted by molar-refractivity contribution is 0.0748. The molecule has 1 N–H and O–H groups in total. The lowest BCUT2D eigenvalue weighted by atomic mass is 10.2. The molecule has 2 aromatic rings. The number of rotatable bonds is 5. The second kappa shape index (κ2) is 7.37. The molecule has 0 fully saturated rings. The van der Waals surface area contributed by atoms with Crippen LogP contribution in [0.1, 0.15) is 12.7 Å². The standard InChI is InChI=1S/C17H20N2O3S/c1-2-19(17(23)18-10-13-6-5-9-20-13)11-14-12-21-15-7-3-4-8-16(15)22-14/h3-9,14H,2,10-12H2,1H3,(H,18,23). The summed E-state index contributed by atoms with van der Waals surface area (Å²) in [6, 6.07) is 11.5. The smallest absolute Gasteiger partial charge is 0.169 e. The van der Waals surface area contributed by atoms with Crippen LogP contribution >= 0.6 is 12.2 Å². The van der Waals surface area contributed by atoms with Crippen molar-refractivity contribution < 1.29 is 13.9 Å². The monoisotopic (exact) mass is 332 g/mol. The number of likely N-dealkylation sites (N-methyl/N-ethyl adjacent to an activating group) is 1. The second-order valence-corrected chi connectivity index (χ2v) is 5.66. The minimum atomic E-state index is -0.0480. The number of nitrogens with zero attached hydrogens (tertiary/aromatic N) is 1. The summed E-state index contributed by atoms with van der Waals surface area (Å²) in [6.07, 6.45) is 1.61. The summed E-state index contributed by atoms with van der Waals surface area (Å²) >= 11 is 5.47. The zero-order valence-corrected chi connectivity index (χ0v) is 13.8. The highest BCUT2D eigenvalue weighted by atomic mass is 32.1. The van der Waals surface area contributed by atoms with Crippen LogP contribution in [0.5, 0.6) is 11.5 Å². The number of benzene rings is 1. The van der Waals surface area contributed by atoms with Crippen LogP contribution in [0.25, 0.3) is 0 Å². The number of hydrogen-bond acceptors (Lipinski definition) is 4. The summed E-state index contributed by atoms with van der Waals surface area (Å²) in [5.74, 6) is 2.44. The Bertz CT molecular complexity index is 645. The van der Waals surface area contributed by atoms with E-state index in [1.807, 2.05) is 36.4 Å². The summed E-state index contributed by atoms with van der Waals surface area (Å²) < 4.78 is 17.0. The van der Waals surface area contributed by atoms with Crippen molar-refractivity contribution in [2.24, 2.45) is 0 Å². The van der Waals surface area contributed by atoms with Crippen molar-refractivity contribution in [1.82, 2.24) is 10.2 Å². The van der Waals surface area contributed by atoms with Gasteiger partial charge in [-0.05, 0) is 43.4 Å². The van der Waals surface area contributed by atoms with E-state index < -0.39 is 0 Å². The van der Waals surface area contributed by atoms with Gasteiger partial charge < -0.3 is 24.1 Å². The van der Waals surface area contributed by atoms with Crippen molar-refractivity contribution in [3.63, 3.8) is 0 Å². The van der Waals surface area contributed by atoms with E-state index in [-0.39, 0.29) is 6.10 Å². The van der Waals surface area contributed by atoms with Gasteiger partial charge in [0.2, 0.25) is 0 Å². The molecule has 0 spiro atoms. The highest BCUT2D eigenvalue weighted by Crippen LogP contribution is 2.30. The van der Waals surface area contributed by atoms with Gasteiger partial charge >= 0.3 is 0 Å². The maximum Gasteiger partial charge on any atom is 0.169 e. The zero-order valence-electron chi connectivity index (χ0n) is 13.0. The minimum Gasteiger partial charge on any atom is -0.486 e. The van der Waals surface area contributed by atoms with Crippen LogP contribution in [0.3, 0.4) is 0 Å². The Morgan fingerprint density at radius 2 is 2.09 bits per heavy atom. The summed E-state index contributed by atoms with van der Waals surface area (Å²) in [5, 5.41) is 3.90. The lowest BCUT2D eigenvalue weighted by Crippen LogP contribution is -2.47. The summed E-state index contributed by atoms with van der Waals surface area (Å²) in [4.78, 5) is 2.07. The van der Waals surface area contributed by atoms with E-state index in [9.17, 15) is 0 Å². The van der Waals surface area contributed by atoms with Crippen molar-refractivity contribution in [1.29, 1.82) is 0 Å². The molecule has 0 bridgehead atoms. The van der Waals surface area contributed by atoms with Gasteiger partial charge in [0, 0.05) is 6.54 Å². The molecular weight excluding hydrogens is 312 g/mol. The van der Waals surface area contributed by atoms with Crippen molar-refractivity contribution in [3.05, 3.63) is 48.4 Å². The average Bonchev–Trinajstić information content (AvgIpc) is 3.11. The van der Waals surface area contributed by atoms with Gasteiger partial charge in [0.25, 0.3) is 0 Å². The normalized spacial score (nSPS) is 16.0. The molecule has 6 heteroatoms. The molecule has 1 aliphatic heterocycles. The van der Waals surface area contributed by atoms with Crippen LogP contribution in [0.15, 0.2) is 47.1 Å². The van der Waals surface area contributed by atoms with Crippen molar-refractivity contribution in [2.75, 3.05) is 19.7 Å². The Morgan fingerprint density at radius 3 is 2.83 bits per heavy atom. The highest BCUT2D eigenvalue weighted by Gasteiger charge is 2.23. The van der Waals surface area contributed by atoms with Gasteiger partial charge in [0.1, 0.15) is 12.4 Å². The Balaban J connectivity index is 1.54. The Kier molecular flexibility index (Phi) is 5.02.